The summed E-state index contributed by atoms with van der Waals surface area (Å²) in [5, 5.41) is 18.3. The molecule has 3 N–H and O–H groups in total. The number of hydrogen-bond donors (Lipinski definition) is 3. The van der Waals surface area contributed by atoms with Gasteiger partial charge in [0.15, 0.2) is 0 Å². The van der Waals surface area contributed by atoms with E-state index in [4.69, 9.17) is 5.11 Å². The Hall–Kier alpha value is -2.05. The molecule has 0 aliphatic heterocycles. The van der Waals surface area contributed by atoms with Gasteiger partial charge in [0.25, 0.3) is 0 Å². The summed E-state index contributed by atoms with van der Waals surface area (Å²) in [7, 11) is 1.82. The van der Waals surface area contributed by atoms with E-state index in [1.807, 2.05) is 20.9 Å². The Bertz CT molecular complexity index is 484. The Labute approximate surface area is 118 Å². The highest BCUT2D eigenvalue weighted by atomic mass is 16.4. The van der Waals surface area contributed by atoms with Crippen LogP contribution in [0, 0.1) is 12.8 Å². The highest BCUT2D eigenvalue weighted by molar-refractivity contribution is 5.82. The maximum absolute atomic E-state index is 11.8. The van der Waals surface area contributed by atoms with Crippen LogP contribution in [0.25, 0.3) is 0 Å². The number of aliphatic carboxylic acids is 1. The summed E-state index contributed by atoms with van der Waals surface area (Å²) in [5.74, 6) is -1.15. The molecule has 1 rings (SSSR count). The highest BCUT2D eigenvalue weighted by Gasteiger charge is 2.25. The predicted molar refractivity (Wildman–Crippen MR) is 74.2 cm³/mol. The van der Waals surface area contributed by atoms with Crippen molar-refractivity contribution in [2.45, 2.75) is 39.8 Å². The van der Waals surface area contributed by atoms with Crippen molar-refractivity contribution in [3.63, 3.8) is 0 Å². The van der Waals surface area contributed by atoms with Crippen molar-refractivity contribution in [1.82, 2.24) is 20.4 Å². The average Bonchev–Trinajstić information content (AvgIpc) is 2.72. The number of carbonyl (C=O) groups excluding carboxylic acids is 1. The standard InChI is InChI=1S/C13H22N4O3/c1-5-8(2)11(12(18)19)16-13(20)14-6-10-7-15-17(4)9(10)3/h7-8,11H,5-6H2,1-4H3,(H,18,19)(H2,14,16,20)/t8?,11-/m0/s1. The topological polar surface area (TPSA) is 96.3 Å². The molecular weight excluding hydrogens is 260 g/mol. The summed E-state index contributed by atoms with van der Waals surface area (Å²) >= 11 is 0. The van der Waals surface area contributed by atoms with Crippen molar-refractivity contribution in [2.24, 2.45) is 13.0 Å². The van der Waals surface area contributed by atoms with Gasteiger partial charge in [-0.2, -0.15) is 5.10 Å². The fourth-order valence-electron chi connectivity index (χ4n) is 1.77. The van der Waals surface area contributed by atoms with Crippen molar-refractivity contribution in [2.75, 3.05) is 0 Å². The molecule has 1 aromatic rings. The third kappa shape index (κ3) is 3.97. The van der Waals surface area contributed by atoms with Crippen molar-refractivity contribution in [3.8, 4) is 0 Å². The molecule has 2 atom stereocenters. The number of nitrogens with one attached hydrogen (secondary N) is 2. The lowest BCUT2D eigenvalue weighted by atomic mass is 9.99. The molecule has 20 heavy (non-hydrogen) atoms. The molecule has 1 heterocycles. The van der Waals surface area contributed by atoms with Crippen LogP contribution < -0.4 is 10.6 Å². The fraction of sp³-hybridized carbons (Fsp3) is 0.615. The predicted octanol–water partition coefficient (Wildman–Crippen LogP) is 1.03. The van der Waals surface area contributed by atoms with Crippen LogP contribution in [0.4, 0.5) is 4.79 Å². The average molecular weight is 282 g/mol. The Morgan fingerprint density at radius 2 is 2.15 bits per heavy atom. The van der Waals surface area contributed by atoms with Crippen molar-refractivity contribution < 1.29 is 14.7 Å². The molecule has 0 fully saturated rings. The SMILES string of the molecule is CCC(C)[C@H](NC(=O)NCc1cnn(C)c1C)C(=O)O. The van der Waals surface area contributed by atoms with E-state index in [-0.39, 0.29) is 5.92 Å². The first-order valence-electron chi connectivity index (χ1n) is 6.61. The minimum absolute atomic E-state index is 0.127. The molecule has 0 aliphatic rings. The van der Waals surface area contributed by atoms with Gasteiger partial charge in [-0.25, -0.2) is 9.59 Å². The number of carbonyl (C=O) groups is 2. The first-order chi connectivity index (χ1) is 9.36. The van der Waals surface area contributed by atoms with Crippen LogP contribution in [0.5, 0.6) is 0 Å². The number of hydrogen-bond acceptors (Lipinski definition) is 3. The maximum Gasteiger partial charge on any atom is 0.326 e. The molecule has 112 valence electrons. The van der Waals surface area contributed by atoms with E-state index in [9.17, 15) is 9.59 Å². The molecular formula is C13H22N4O3. The third-order valence-corrected chi connectivity index (χ3v) is 3.54. The fourth-order valence-corrected chi connectivity index (χ4v) is 1.77. The number of nitrogens with zero attached hydrogens (tertiary/aromatic N) is 2. The maximum atomic E-state index is 11.8. The molecule has 0 radical (unpaired) electrons. The molecule has 0 saturated heterocycles. The molecule has 7 heteroatoms. The van der Waals surface area contributed by atoms with E-state index in [0.29, 0.717) is 13.0 Å². The summed E-state index contributed by atoms with van der Waals surface area (Å²) in [4.78, 5) is 22.9. The van der Waals surface area contributed by atoms with Crippen molar-refractivity contribution >= 4 is 12.0 Å². The molecule has 1 unspecified atom stereocenters. The number of carboxylic acid groups (broad SMARTS) is 1. The number of aryl methyl sites for hydroxylation is 1. The Balaban J connectivity index is 2.54. The number of rotatable bonds is 6. The second-order valence-electron chi connectivity index (χ2n) is 4.91. The number of urea groups is 1. The number of carboxylic acids is 1. The lowest BCUT2D eigenvalue weighted by molar-refractivity contribution is -0.140. The minimum Gasteiger partial charge on any atom is -0.480 e. The first-order valence-corrected chi connectivity index (χ1v) is 6.61. The highest BCUT2D eigenvalue weighted by Crippen LogP contribution is 2.08. The van der Waals surface area contributed by atoms with Crippen LogP contribution in [0.2, 0.25) is 0 Å². The van der Waals surface area contributed by atoms with Crippen LogP contribution in [0.15, 0.2) is 6.20 Å². The molecule has 0 spiro atoms. The second kappa shape index (κ2) is 6.93. The van der Waals surface area contributed by atoms with Gasteiger partial charge in [0.1, 0.15) is 6.04 Å². The van der Waals surface area contributed by atoms with Crippen LogP contribution >= 0.6 is 0 Å². The molecule has 0 aromatic carbocycles. The summed E-state index contributed by atoms with van der Waals surface area (Å²) in [6.45, 7) is 5.91. The smallest absolute Gasteiger partial charge is 0.326 e. The van der Waals surface area contributed by atoms with Gasteiger partial charge in [-0.05, 0) is 12.8 Å². The van der Waals surface area contributed by atoms with Gasteiger partial charge in [-0.1, -0.05) is 20.3 Å². The molecule has 0 saturated carbocycles. The molecule has 7 nitrogen and oxygen atoms in total. The molecule has 0 aliphatic carbocycles. The monoisotopic (exact) mass is 282 g/mol. The van der Waals surface area contributed by atoms with Gasteiger partial charge in [0.2, 0.25) is 0 Å². The van der Waals surface area contributed by atoms with E-state index in [0.717, 1.165) is 11.3 Å². The summed E-state index contributed by atoms with van der Waals surface area (Å²) in [5.41, 5.74) is 1.86. The molecule has 2 amide bonds. The first kappa shape index (κ1) is 16.0. The Morgan fingerprint density at radius 1 is 1.50 bits per heavy atom. The second-order valence-corrected chi connectivity index (χ2v) is 4.91. The van der Waals surface area contributed by atoms with Gasteiger partial charge >= 0.3 is 12.0 Å². The number of aromatic nitrogens is 2. The summed E-state index contributed by atoms with van der Waals surface area (Å²) < 4.78 is 1.72. The normalized spacial score (nSPS) is 13.6. The van der Waals surface area contributed by atoms with Gasteiger partial charge in [0.05, 0.1) is 6.20 Å². The van der Waals surface area contributed by atoms with E-state index in [2.05, 4.69) is 15.7 Å². The lowest BCUT2D eigenvalue weighted by Crippen LogP contribution is -2.48. The van der Waals surface area contributed by atoms with Crippen LogP contribution in [-0.4, -0.2) is 32.9 Å². The van der Waals surface area contributed by atoms with Gasteiger partial charge in [0, 0.05) is 24.8 Å². The van der Waals surface area contributed by atoms with Gasteiger partial charge < -0.3 is 15.7 Å². The van der Waals surface area contributed by atoms with Crippen molar-refractivity contribution in [3.05, 3.63) is 17.5 Å². The van der Waals surface area contributed by atoms with Crippen LogP contribution in [0.3, 0.4) is 0 Å². The zero-order valence-corrected chi connectivity index (χ0v) is 12.3. The number of amides is 2. The minimum atomic E-state index is -1.02. The summed E-state index contributed by atoms with van der Waals surface area (Å²) in [6, 6.07) is -1.36. The largest absolute Gasteiger partial charge is 0.480 e. The Kier molecular flexibility index (Phi) is 5.54. The molecule has 0 bridgehead atoms. The quantitative estimate of drug-likeness (QED) is 0.726. The van der Waals surface area contributed by atoms with Crippen LogP contribution in [0.1, 0.15) is 31.5 Å². The lowest BCUT2D eigenvalue weighted by Gasteiger charge is -2.20. The van der Waals surface area contributed by atoms with E-state index in [1.165, 1.54) is 0 Å². The van der Waals surface area contributed by atoms with Gasteiger partial charge in [-0.3, -0.25) is 4.68 Å². The molecule has 1 aromatic heterocycles. The van der Waals surface area contributed by atoms with E-state index in [1.54, 1.807) is 17.8 Å². The zero-order valence-electron chi connectivity index (χ0n) is 12.3. The van der Waals surface area contributed by atoms with Crippen molar-refractivity contribution in [1.29, 1.82) is 0 Å². The zero-order chi connectivity index (χ0) is 15.3. The van der Waals surface area contributed by atoms with Crippen LogP contribution in [-0.2, 0) is 18.4 Å². The van der Waals surface area contributed by atoms with Gasteiger partial charge in [-0.15, -0.1) is 0 Å². The van der Waals surface area contributed by atoms with E-state index < -0.39 is 18.0 Å². The summed E-state index contributed by atoms with van der Waals surface area (Å²) in [6.07, 6.45) is 2.36. The van der Waals surface area contributed by atoms with E-state index >= 15 is 0 Å². The third-order valence-electron chi connectivity index (χ3n) is 3.54. The Morgan fingerprint density at radius 3 is 2.60 bits per heavy atom.